The Labute approximate surface area is 187 Å². The summed E-state index contributed by atoms with van der Waals surface area (Å²) in [5, 5.41) is 12.4. The predicted octanol–water partition coefficient (Wildman–Crippen LogP) is 4.86. The van der Waals surface area contributed by atoms with E-state index in [2.05, 4.69) is 10.2 Å². The minimum absolute atomic E-state index is 0.0126. The average Bonchev–Trinajstić information content (AvgIpc) is 2.85. The molecule has 160 valence electrons. The summed E-state index contributed by atoms with van der Waals surface area (Å²) in [6, 6.07) is 26.2. The zero-order valence-electron chi connectivity index (χ0n) is 17.5. The van der Waals surface area contributed by atoms with Crippen molar-refractivity contribution in [1.82, 2.24) is 0 Å². The second-order valence-corrected chi connectivity index (χ2v) is 7.23. The molecule has 0 atom stereocenters. The van der Waals surface area contributed by atoms with E-state index in [0.29, 0.717) is 17.2 Å². The molecule has 3 aromatic rings. The van der Waals surface area contributed by atoms with E-state index >= 15 is 0 Å². The minimum atomic E-state index is -0.492. The van der Waals surface area contributed by atoms with Crippen LogP contribution in [-0.4, -0.2) is 32.2 Å². The molecule has 0 aliphatic carbocycles. The number of anilines is 2. The molecular formula is C26H23N3O3. The molecule has 1 saturated heterocycles. The van der Waals surface area contributed by atoms with Gasteiger partial charge in [0, 0.05) is 18.8 Å². The van der Waals surface area contributed by atoms with Crippen molar-refractivity contribution in [2.24, 2.45) is 0 Å². The molecule has 6 nitrogen and oxygen atoms in total. The maximum atomic E-state index is 12.8. The highest BCUT2D eigenvalue weighted by Gasteiger charge is 2.14. The molecule has 0 radical (unpaired) electrons. The first-order valence-electron chi connectivity index (χ1n) is 10.4. The van der Waals surface area contributed by atoms with Crippen molar-refractivity contribution in [3.05, 3.63) is 90.0 Å². The van der Waals surface area contributed by atoms with Gasteiger partial charge in [-0.25, -0.2) is 0 Å². The summed E-state index contributed by atoms with van der Waals surface area (Å²) in [4.78, 5) is 15.0. The number of hydrogen-bond donors (Lipinski definition) is 1. The van der Waals surface area contributed by atoms with Crippen molar-refractivity contribution in [3.8, 4) is 17.6 Å². The Hall–Kier alpha value is -4.08. The fraction of sp³-hybridized carbons (Fsp3) is 0.154. The van der Waals surface area contributed by atoms with E-state index in [0.717, 1.165) is 37.6 Å². The van der Waals surface area contributed by atoms with Crippen LogP contribution in [0.5, 0.6) is 11.5 Å². The van der Waals surface area contributed by atoms with Gasteiger partial charge < -0.3 is 19.7 Å². The standard InChI is InChI=1S/C26H23N3O3/c27-19-21(18-20-10-12-22(13-11-20)29-14-16-31-17-15-29)26(30)28-24-8-4-5-9-25(24)32-23-6-2-1-3-7-23/h1-13,18H,14-17H2,(H,28,30). The van der Waals surface area contributed by atoms with Gasteiger partial charge >= 0.3 is 0 Å². The number of hydrogen-bond acceptors (Lipinski definition) is 5. The largest absolute Gasteiger partial charge is 0.455 e. The number of ether oxygens (including phenoxy) is 2. The smallest absolute Gasteiger partial charge is 0.266 e. The third-order valence-corrected chi connectivity index (χ3v) is 5.05. The predicted molar refractivity (Wildman–Crippen MR) is 125 cm³/mol. The van der Waals surface area contributed by atoms with Gasteiger partial charge in [0.05, 0.1) is 18.9 Å². The lowest BCUT2D eigenvalue weighted by atomic mass is 10.1. The monoisotopic (exact) mass is 425 g/mol. The molecule has 1 fully saturated rings. The number of nitrogens with one attached hydrogen (secondary N) is 1. The van der Waals surface area contributed by atoms with Crippen molar-refractivity contribution in [3.63, 3.8) is 0 Å². The van der Waals surface area contributed by atoms with E-state index in [-0.39, 0.29) is 5.57 Å². The van der Waals surface area contributed by atoms with E-state index < -0.39 is 5.91 Å². The van der Waals surface area contributed by atoms with Crippen molar-refractivity contribution in [2.45, 2.75) is 0 Å². The molecular weight excluding hydrogens is 402 g/mol. The molecule has 1 aliphatic heterocycles. The highest BCUT2D eigenvalue weighted by Crippen LogP contribution is 2.29. The number of morpholine rings is 1. The Bertz CT molecular complexity index is 1130. The van der Waals surface area contributed by atoms with Crippen molar-refractivity contribution in [1.29, 1.82) is 5.26 Å². The quantitative estimate of drug-likeness (QED) is 0.451. The van der Waals surface area contributed by atoms with Gasteiger partial charge in [-0.15, -0.1) is 0 Å². The van der Waals surface area contributed by atoms with Crippen molar-refractivity contribution in [2.75, 3.05) is 36.5 Å². The Balaban J connectivity index is 1.48. The molecule has 3 aromatic carbocycles. The first-order valence-corrected chi connectivity index (χ1v) is 10.4. The molecule has 6 heteroatoms. The van der Waals surface area contributed by atoms with Crippen LogP contribution in [0.3, 0.4) is 0 Å². The van der Waals surface area contributed by atoms with Crippen LogP contribution in [0, 0.1) is 11.3 Å². The Morgan fingerprint density at radius 2 is 1.66 bits per heavy atom. The summed E-state index contributed by atoms with van der Waals surface area (Å²) in [5.41, 5.74) is 2.38. The van der Waals surface area contributed by atoms with Gasteiger partial charge in [-0.05, 0) is 48.0 Å². The van der Waals surface area contributed by atoms with E-state index in [1.807, 2.05) is 66.7 Å². The van der Waals surface area contributed by atoms with E-state index in [4.69, 9.17) is 9.47 Å². The fourth-order valence-electron chi connectivity index (χ4n) is 3.38. The number of benzene rings is 3. The molecule has 1 amide bonds. The van der Waals surface area contributed by atoms with Crippen LogP contribution in [0.4, 0.5) is 11.4 Å². The first kappa shape index (κ1) is 21.2. The normalized spacial score (nSPS) is 13.8. The maximum Gasteiger partial charge on any atom is 0.266 e. The number of nitrogens with zero attached hydrogens (tertiary/aromatic N) is 2. The zero-order valence-corrected chi connectivity index (χ0v) is 17.5. The van der Waals surface area contributed by atoms with Crippen LogP contribution in [0.15, 0.2) is 84.4 Å². The number of carbonyl (C=O) groups excluding carboxylic acids is 1. The van der Waals surface area contributed by atoms with Crippen molar-refractivity contribution < 1.29 is 14.3 Å². The van der Waals surface area contributed by atoms with Crippen LogP contribution in [0.2, 0.25) is 0 Å². The number of para-hydroxylation sites is 3. The number of rotatable bonds is 6. The molecule has 1 aliphatic rings. The Morgan fingerprint density at radius 3 is 2.38 bits per heavy atom. The number of carbonyl (C=O) groups is 1. The van der Waals surface area contributed by atoms with Crippen molar-refractivity contribution >= 4 is 23.4 Å². The van der Waals surface area contributed by atoms with Crippen LogP contribution in [-0.2, 0) is 9.53 Å². The molecule has 4 rings (SSSR count). The molecule has 0 saturated carbocycles. The van der Waals surface area contributed by atoms with Crippen LogP contribution in [0.1, 0.15) is 5.56 Å². The topological polar surface area (TPSA) is 74.6 Å². The van der Waals surface area contributed by atoms with Crippen LogP contribution >= 0.6 is 0 Å². The maximum absolute atomic E-state index is 12.8. The highest BCUT2D eigenvalue weighted by atomic mass is 16.5. The third-order valence-electron chi connectivity index (χ3n) is 5.05. The molecule has 1 N–H and O–H groups in total. The molecule has 0 spiro atoms. The Morgan fingerprint density at radius 1 is 0.969 bits per heavy atom. The summed E-state index contributed by atoms with van der Waals surface area (Å²) in [7, 11) is 0. The molecule has 0 bridgehead atoms. The van der Waals surface area contributed by atoms with Gasteiger partial charge in [0.25, 0.3) is 5.91 Å². The van der Waals surface area contributed by atoms with Gasteiger partial charge in [-0.1, -0.05) is 42.5 Å². The number of amides is 1. The summed E-state index contributed by atoms with van der Waals surface area (Å²) in [6.07, 6.45) is 1.58. The first-order chi connectivity index (χ1) is 15.7. The molecule has 1 heterocycles. The van der Waals surface area contributed by atoms with Gasteiger partial charge in [0.15, 0.2) is 5.75 Å². The highest BCUT2D eigenvalue weighted by molar-refractivity contribution is 6.10. The fourth-order valence-corrected chi connectivity index (χ4v) is 3.38. The lowest BCUT2D eigenvalue weighted by Crippen LogP contribution is -2.36. The van der Waals surface area contributed by atoms with Crippen LogP contribution < -0.4 is 15.0 Å². The second kappa shape index (κ2) is 10.3. The summed E-state index contributed by atoms with van der Waals surface area (Å²) in [5.74, 6) is 0.665. The second-order valence-electron chi connectivity index (χ2n) is 7.23. The van der Waals surface area contributed by atoms with E-state index in [1.54, 1.807) is 24.3 Å². The van der Waals surface area contributed by atoms with E-state index in [9.17, 15) is 10.1 Å². The number of nitriles is 1. The molecule has 0 unspecified atom stereocenters. The minimum Gasteiger partial charge on any atom is -0.455 e. The van der Waals surface area contributed by atoms with Gasteiger partial charge in [-0.2, -0.15) is 5.26 Å². The van der Waals surface area contributed by atoms with Gasteiger partial charge in [-0.3, -0.25) is 4.79 Å². The molecule has 0 aromatic heterocycles. The zero-order chi connectivity index (χ0) is 22.2. The molecule has 32 heavy (non-hydrogen) atoms. The summed E-state index contributed by atoms with van der Waals surface area (Å²) in [6.45, 7) is 3.14. The van der Waals surface area contributed by atoms with Gasteiger partial charge in [0.2, 0.25) is 0 Å². The van der Waals surface area contributed by atoms with E-state index in [1.165, 1.54) is 0 Å². The Kier molecular flexibility index (Phi) is 6.81. The summed E-state index contributed by atoms with van der Waals surface area (Å²) < 4.78 is 11.3. The summed E-state index contributed by atoms with van der Waals surface area (Å²) >= 11 is 0. The lowest BCUT2D eigenvalue weighted by molar-refractivity contribution is -0.112. The van der Waals surface area contributed by atoms with Gasteiger partial charge in [0.1, 0.15) is 17.4 Å². The lowest BCUT2D eigenvalue weighted by Gasteiger charge is -2.28. The third kappa shape index (κ3) is 5.34. The van der Waals surface area contributed by atoms with Crippen LogP contribution in [0.25, 0.3) is 6.08 Å². The SMILES string of the molecule is N#CC(=Cc1ccc(N2CCOCC2)cc1)C(=O)Nc1ccccc1Oc1ccccc1. The average molecular weight is 425 g/mol.